The monoisotopic (exact) mass is 341 g/mol. The van der Waals surface area contributed by atoms with Crippen molar-refractivity contribution in [3.05, 3.63) is 41.2 Å². The Balaban J connectivity index is 1.71. The van der Waals surface area contributed by atoms with E-state index < -0.39 is 15.8 Å². The van der Waals surface area contributed by atoms with E-state index in [1.165, 1.54) is 29.5 Å². The van der Waals surface area contributed by atoms with Crippen molar-refractivity contribution < 1.29 is 12.8 Å². The first-order valence-electron chi connectivity index (χ1n) is 6.88. The SMILES string of the molecule is Cc1cc(S(=O)(=O)N[C@H]2CCN(c3nccs3)C2)ccc1F. The molecule has 2 aromatic rings. The van der Waals surface area contributed by atoms with Gasteiger partial charge in [0.1, 0.15) is 5.82 Å². The lowest BCUT2D eigenvalue weighted by atomic mass is 10.2. The van der Waals surface area contributed by atoms with Crippen molar-refractivity contribution in [3.63, 3.8) is 0 Å². The van der Waals surface area contributed by atoms with Crippen molar-refractivity contribution in [1.29, 1.82) is 0 Å². The Hall–Kier alpha value is -1.51. The Morgan fingerprint density at radius 3 is 2.95 bits per heavy atom. The van der Waals surface area contributed by atoms with E-state index in [1.54, 1.807) is 13.1 Å². The molecule has 118 valence electrons. The molecule has 0 unspecified atom stereocenters. The van der Waals surface area contributed by atoms with E-state index in [0.29, 0.717) is 12.1 Å². The van der Waals surface area contributed by atoms with Crippen molar-refractivity contribution in [3.8, 4) is 0 Å². The van der Waals surface area contributed by atoms with Crippen LogP contribution in [0.25, 0.3) is 0 Å². The number of hydrogen-bond acceptors (Lipinski definition) is 5. The lowest BCUT2D eigenvalue weighted by Crippen LogP contribution is -2.37. The highest BCUT2D eigenvalue weighted by atomic mass is 32.2. The Labute approximate surface area is 132 Å². The molecule has 1 atom stereocenters. The first-order chi connectivity index (χ1) is 10.5. The van der Waals surface area contributed by atoms with Gasteiger partial charge in [-0.3, -0.25) is 0 Å². The maximum atomic E-state index is 13.3. The van der Waals surface area contributed by atoms with Gasteiger partial charge in [0.05, 0.1) is 4.90 Å². The Bertz CT molecular complexity index is 762. The number of anilines is 1. The van der Waals surface area contributed by atoms with E-state index in [9.17, 15) is 12.8 Å². The van der Waals surface area contributed by atoms with Crippen molar-refractivity contribution in [2.75, 3.05) is 18.0 Å². The van der Waals surface area contributed by atoms with Gasteiger partial charge < -0.3 is 4.90 Å². The highest BCUT2D eigenvalue weighted by Crippen LogP contribution is 2.23. The lowest BCUT2D eigenvalue weighted by molar-refractivity contribution is 0.560. The highest BCUT2D eigenvalue weighted by Gasteiger charge is 2.28. The molecule has 0 saturated carbocycles. The molecule has 1 N–H and O–H groups in total. The van der Waals surface area contributed by atoms with E-state index in [2.05, 4.69) is 14.6 Å². The van der Waals surface area contributed by atoms with Gasteiger partial charge in [0.15, 0.2) is 5.13 Å². The first kappa shape index (κ1) is 15.4. The fraction of sp³-hybridized carbons (Fsp3) is 0.357. The molecule has 0 amide bonds. The maximum Gasteiger partial charge on any atom is 0.240 e. The van der Waals surface area contributed by atoms with Gasteiger partial charge in [-0.1, -0.05) is 0 Å². The zero-order chi connectivity index (χ0) is 15.7. The third-order valence-electron chi connectivity index (χ3n) is 3.64. The normalized spacial score (nSPS) is 18.8. The van der Waals surface area contributed by atoms with Gasteiger partial charge in [-0.15, -0.1) is 11.3 Å². The number of nitrogens with one attached hydrogen (secondary N) is 1. The molecule has 1 aromatic carbocycles. The Morgan fingerprint density at radius 1 is 1.45 bits per heavy atom. The molecular formula is C14H16FN3O2S2. The number of halogens is 1. The van der Waals surface area contributed by atoms with Crippen LogP contribution >= 0.6 is 11.3 Å². The number of thiazole rings is 1. The summed E-state index contributed by atoms with van der Waals surface area (Å²) in [5.74, 6) is -0.408. The number of rotatable bonds is 4. The van der Waals surface area contributed by atoms with E-state index in [-0.39, 0.29) is 10.9 Å². The lowest BCUT2D eigenvalue weighted by Gasteiger charge is -2.16. The molecule has 1 fully saturated rings. The fourth-order valence-corrected chi connectivity index (χ4v) is 4.50. The van der Waals surface area contributed by atoms with E-state index in [1.807, 2.05) is 5.38 Å². The average Bonchev–Trinajstić information content (AvgIpc) is 3.11. The zero-order valence-electron chi connectivity index (χ0n) is 12.0. The number of aryl methyl sites for hydroxylation is 1. The molecule has 0 radical (unpaired) electrons. The Morgan fingerprint density at radius 2 is 2.27 bits per heavy atom. The number of sulfonamides is 1. The first-order valence-corrected chi connectivity index (χ1v) is 9.25. The van der Waals surface area contributed by atoms with Gasteiger partial charge in [-0.25, -0.2) is 22.5 Å². The highest BCUT2D eigenvalue weighted by molar-refractivity contribution is 7.89. The van der Waals surface area contributed by atoms with E-state index in [0.717, 1.165) is 18.1 Å². The molecule has 1 saturated heterocycles. The number of aromatic nitrogens is 1. The van der Waals surface area contributed by atoms with Crippen molar-refractivity contribution >= 4 is 26.5 Å². The van der Waals surface area contributed by atoms with Crippen molar-refractivity contribution in [2.24, 2.45) is 0 Å². The summed E-state index contributed by atoms with van der Waals surface area (Å²) in [6, 6.07) is 3.66. The minimum Gasteiger partial charge on any atom is -0.346 e. The van der Waals surface area contributed by atoms with Gasteiger partial charge in [0.25, 0.3) is 0 Å². The smallest absolute Gasteiger partial charge is 0.240 e. The van der Waals surface area contributed by atoms with E-state index >= 15 is 0 Å². The molecule has 1 aliphatic rings. The molecule has 0 spiro atoms. The number of hydrogen-bond donors (Lipinski definition) is 1. The van der Waals surface area contributed by atoms with Gasteiger partial charge in [-0.2, -0.15) is 0 Å². The van der Waals surface area contributed by atoms with Crippen molar-refractivity contribution in [2.45, 2.75) is 24.3 Å². The molecule has 8 heteroatoms. The molecule has 5 nitrogen and oxygen atoms in total. The molecule has 2 heterocycles. The van der Waals surface area contributed by atoms with E-state index in [4.69, 9.17) is 0 Å². The second-order valence-electron chi connectivity index (χ2n) is 5.28. The van der Waals surface area contributed by atoms with Gasteiger partial charge in [0.2, 0.25) is 10.0 Å². The quantitative estimate of drug-likeness (QED) is 0.926. The van der Waals surface area contributed by atoms with Crippen molar-refractivity contribution in [1.82, 2.24) is 9.71 Å². The fourth-order valence-electron chi connectivity index (χ4n) is 2.47. The molecule has 0 bridgehead atoms. The summed E-state index contributed by atoms with van der Waals surface area (Å²) in [5.41, 5.74) is 0.318. The molecular weight excluding hydrogens is 325 g/mol. The van der Waals surface area contributed by atoms with Crippen LogP contribution in [-0.4, -0.2) is 32.5 Å². The van der Waals surface area contributed by atoms with Crippen LogP contribution in [0.15, 0.2) is 34.7 Å². The summed E-state index contributed by atoms with van der Waals surface area (Å²) in [6.07, 6.45) is 2.46. The van der Waals surface area contributed by atoms with Gasteiger partial charge >= 0.3 is 0 Å². The van der Waals surface area contributed by atoms with Crippen LogP contribution in [-0.2, 0) is 10.0 Å². The summed E-state index contributed by atoms with van der Waals surface area (Å²) in [6.45, 7) is 2.91. The molecule has 1 aliphatic heterocycles. The minimum absolute atomic E-state index is 0.0964. The molecule has 22 heavy (non-hydrogen) atoms. The van der Waals surface area contributed by atoms with Crippen LogP contribution < -0.4 is 9.62 Å². The minimum atomic E-state index is -3.64. The third-order valence-corrected chi connectivity index (χ3v) is 5.99. The topological polar surface area (TPSA) is 62.3 Å². The zero-order valence-corrected chi connectivity index (χ0v) is 13.6. The predicted octanol–water partition coefficient (Wildman–Crippen LogP) is 2.15. The summed E-state index contributed by atoms with van der Waals surface area (Å²) < 4.78 is 40.7. The van der Waals surface area contributed by atoms with Crippen LogP contribution in [0.2, 0.25) is 0 Å². The van der Waals surface area contributed by atoms with Crippen LogP contribution in [0, 0.1) is 12.7 Å². The summed E-state index contributed by atoms with van der Waals surface area (Å²) in [7, 11) is -3.64. The van der Waals surface area contributed by atoms with Gasteiger partial charge in [0, 0.05) is 30.7 Å². The molecule has 0 aliphatic carbocycles. The third kappa shape index (κ3) is 3.13. The number of nitrogens with zero attached hydrogens (tertiary/aromatic N) is 2. The summed E-state index contributed by atoms with van der Waals surface area (Å²) >= 11 is 1.54. The van der Waals surface area contributed by atoms with Crippen LogP contribution in [0.1, 0.15) is 12.0 Å². The second-order valence-corrected chi connectivity index (χ2v) is 7.87. The predicted molar refractivity (Wildman–Crippen MR) is 84.2 cm³/mol. The molecule has 1 aromatic heterocycles. The van der Waals surface area contributed by atoms with Crippen LogP contribution in [0.4, 0.5) is 9.52 Å². The largest absolute Gasteiger partial charge is 0.346 e. The average molecular weight is 341 g/mol. The summed E-state index contributed by atoms with van der Waals surface area (Å²) in [4.78, 5) is 6.39. The van der Waals surface area contributed by atoms with Crippen LogP contribution in [0.5, 0.6) is 0 Å². The number of benzene rings is 1. The van der Waals surface area contributed by atoms with Crippen LogP contribution in [0.3, 0.4) is 0 Å². The molecule has 3 rings (SSSR count). The standard InChI is InChI=1S/C14H16FN3O2S2/c1-10-8-12(2-3-13(10)15)22(19,20)17-11-4-6-18(9-11)14-16-5-7-21-14/h2-3,5,7-8,11,17H,4,6,9H2,1H3/t11-/m0/s1. The Kier molecular flexibility index (Phi) is 4.16. The second kappa shape index (κ2) is 5.94. The summed E-state index contributed by atoms with van der Waals surface area (Å²) in [5, 5.41) is 2.80. The van der Waals surface area contributed by atoms with Gasteiger partial charge in [-0.05, 0) is 37.1 Å². The maximum absolute atomic E-state index is 13.3.